The van der Waals surface area contributed by atoms with Crippen molar-refractivity contribution >= 4 is 0 Å². The summed E-state index contributed by atoms with van der Waals surface area (Å²) < 4.78 is 17.5. The molecule has 94 valence electrons. The van der Waals surface area contributed by atoms with Crippen LogP contribution in [0.15, 0.2) is 0 Å². The van der Waals surface area contributed by atoms with Crippen LogP contribution in [0.2, 0.25) is 0 Å². The zero-order valence-electron chi connectivity index (χ0n) is 10.3. The van der Waals surface area contributed by atoms with Crippen molar-refractivity contribution in [2.24, 2.45) is 5.92 Å². The maximum atomic E-state index is 8.85. The molecule has 2 fully saturated rings. The lowest BCUT2D eigenvalue weighted by atomic mass is 9.88. The zero-order chi connectivity index (χ0) is 11.8. The molecule has 2 rings (SSSR count). The van der Waals surface area contributed by atoms with E-state index in [1.807, 2.05) is 6.92 Å². The predicted molar refractivity (Wildman–Crippen MR) is 59.3 cm³/mol. The molecule has 0 aromatic carbocycles. The second-order valence-electron chi connectivity index (χ2n) is 5.15. The Balaban J connectivity index is 1.94. The summed E-state index contributed by atoms with van der Waals surface area (Å²) in [6.07, 6.45) is 0.774. The average Bonchev–Trinajstić information content (AvgIpc) is 2.68. The van der Waals surface area contributed by atoms with Crippen LogP contribution in [0.25, 0.3) is 0 Å². The Bertz CT molecular complexity index is 245. The predicted octanol–water partition coefficient (Wildman–Crippen LogP) is 0.966. The third-order valence-electron chi connectivity index (χ3n) is 3.91. The molecular formula is C12H22O4. The summed E-state index contributed by atoms with van der Waals surface area (Å²) in [6.45, 7) is 7.74. The fourth-order valence-electron chi connectivity index (χ4n) is 2.57. The van der Waals surface area contributed by atoms with Crippen molar-refractivity contribution < 1.29 is 19.3 Å². The minimum absolute atomic E-state index is 0.0106. The molecule has 1 N–H and O–H groups in total. The van der Waals surface area contributed by atoms with E-state index >= 15 is 0 Å². The molecular weight excluding hydrogens is 208 g/mol. The van der Waals surface area contributed by atoms with Crippen LogP contribution in [0.1, 0.15) is 27.2 Å². The van der Waals surface area contributed by atoms with Gasteiger partial charge in [0.15, 0.2) is 0 Å². The molecule has 0 aromatic heterocycles. The molecule has 0 amide bonds. The van der Waals surface area contributed by atoms with Gasteiger partial charge < -0.3 is 19.3 Å². The molecule has 0 saturated carbocycles. The quantitative estimate of drug-likeness (QED) is 0.781. The molecule has 2 saturated heterocycles. The van der Waals surface area contributed by atoms with Crippen LogP contribution in [0.3, 0.4) is 0 Å². The van der Waals surface area contributed by atoms with Crippen molar-refractivity contribution in [2.45, 2.75) is 51.1 Å². The van der Waals surface area contributed by atoms with Gasteiger partial charge in [0.2, 0.25) is 0 Å². The molecule has 0 radical (unpaired) electrons. The maximum Gasteiger partial charge on any atom is 0.115 e. The molecule has 4 nitrogen and oxygen atoms in total. The topological polar surface area (TPSA) is 47.9 Å². The lowest BCUT2D eigenvalue weighted by Gasteiger charge is -2.27. The number of fused-ring (bicyclic) bond motifs is 1. The lowest BCUT2D eigenvalue weighted by Crippen LogP contribution is -2.41. The lowest BCUT2D eigenvalue weighted by molar-refractivity contribution is -0.0715. The number of ether oxygens (including phenoxy) is 3. The highest BCUT2D eigenvalue weighted by Crippen LogP contribution is 2.42. The number of aliphatic hydroxyl groups excluding tert-OH is 1. The average molecular weight is 230 g/mol. The van der Waals surface area contributed by atoms with Crippen molar-refractivity contribution in [1.82, 2.24) is 0 Å². The van der Waals surface area contributed by atoms with E-state index in [1.165, 1.54) is 0 Å². The van der Waals surface area contributed by atoms with Gasteiger partial charge in [-0.2, -0.15) is 0 Å². The van der Waals surface area contributed by atoms with Crippen molar-refractivity contribution in [3.05, 3.63) is 0 Å². The van der Waals surface area contributed by atoms with Crippen LogP contribution in [0.5, 0.6) is 0 Å². The Kier molecular flexibility index (Phi) is 3.54. The van der Waals surface area contributed by atoms with Crippen LogP contribution in [-0.2, 0) is 14.2 Å². The van der Waals surface area contributed by atoms with Gasteiger partial charge >= 0.3 is 0 Å². The van der Waals surface area contributed by atoms with E-state index in [-0.39, 0.29) is 30.5 Å². The fourth-order valence-corrected chi connectivity index (χ4v) is 2.57. The van der Waals surface area contributed by atoms with Crippen LogP contribution in [-0.4, -0.2) is 48.8 Å². The maximum absolute atomic E-state index is 8.85. The van der Waals surface area contributed by atoms with Gasteiger partial charge in [0.05, 0.1) is 24.9 Å². The summed E-state index contributed by atoms with van der Waals surface area (Å²) in [5.74, 6) is 0.416. The van der Waals surface area contributed by atoms with Gasteiger partial charge in [0.25, 0.3) is 0 Å². The first-order valence-electron chi connectivity index (χ1n) is 6.09. The second-order valence-corrected chi connectivity index (χ2v) is 5.15. The van der Waals surface area contributed by atoms with E-state index in [4.69, 9.17) is 19.3 Å². The first-order valence-corrected chi connectivity index (χ1v) is 6.09. The van der Waals surface area contributed by atoms with Crippen LogP contribution in [0, 0.1) is 5.92 Å². The highest BCUT2D eigenvalue weighted by atomic mass is 16.6. The van der Waals surface area contributed by atoms with Crippen molar-refractivity contribution in [2.75, 3.05) is 19.8 Å². The summed E-state index contributed by atoms with van der Waals surface area (Å²) in [4.78, 5) is 0. The van der Waals surface area contributed by atoms with Crippen molar-refractivity contribution in [3.63, 3.8) is 0 Å². The van der Waals surface area contributed by atoms with Gasteiger partial charge in [-0.05, 0) is 20.3 Å². The summed E-state index contributed by atoms with van der Waals surface area (Å²) in [5.41, 5.74) is -0.191. The highest BCUT2D eigenvalue weighted by Gasteiger charge is 2.55. The monoisotopic (exact) mass is 230 g/mol. The Morgan fingerprint density at radius 2 is 2.25 bits per heavy atom. The minimum atomic E-state index is -0.191. The SMILES string of the molecule is CC(CCO)O[C@H]1COC2(C)C(C)COC12. The molecule has 2 aliphatic rings. The molecule has 0 aromatic rings. The number of hydrogen-bond acceptors (Lipinski definition) is 4. The van der Waals surface area contributed by atoms with Gasteiger partial charge in [-0.25, -0.2) is 0 Å². The van der Waals surface area contributed by atoms with Crippen molar-refractivity contribution in [3.8, 4) is 0 Å². The van der Waals surface area contributed by atoms with Crippen LogP contribution >= 0.6 is 0 Å². The van der Waals surface area contributed by atoms with E-state index in [0.717, 1.165) is 6.61 Å². The molecule has 5 atom stereocenters. The summed E-state index contributed by atoms with van der Waals surface area (Å²) in [6, 6.07) is 0. The van der Waals surface area contributed by atoms with Gasteiger partial charge in [-0.1, -0.05) is 6.92 Å². The van der Waals surface area contributed by atoms with Gasteiger partial charge in [-0.15, -0.1) is 0 Å². The minimum Gasteiger partial charge on any atom is -0.396 e. The van der Waals surface area contributed by atoms with E-state index < -0.39 is 0 Å². The second kappa shape index (κ2) is 4.61. The largest absolute Gasteiger partial charge is 0.396 e. The Hall–Kier alpha value is -0.160. The summed E-state index contributed by atoms with van der Waals surface area (Å²) in [7, 11) is 0. The first kappa shape index (κ1) is 12.3. The Morgan fingerprint density at radius 1 is 1.50 bits per heavy atom. The van der Waals surface area contributed by atoms with E-state index in [0.29, 0.717) is 18.9 Å². The van der Waals surface area contributed by atoms with Gasteiger partial charge in [0.1, 0.15) is 12.2 Å². The molecule has 0 bridgehead atoms. The summed E-state index contributed by atoms with van der Waals surface area (Å²) in [5, 5.41) is 8.85. The molecule has 4 unspecified atom stereocenters. The normalized spacial score (nSPS) is 44.6. The zero-order valence-corrected chi connectivity index (χ0v) is 10.3. The van der Waals surface area contributed by atoms with Crippen molar-refractivity contribution in [1.29, 1.82) is 0 Å². The van der Waals surface area contributed by atoms with Crippen LogP contribution in [0.4, 0.5) is 0 Å². The molecule has 2 heterocycles. The standard InChI is InChI=1S/C12H22O4/c1-8-6-14-11-10(7-15-12(8,11)3)16-9(2)4-5-13/h8-11,13H,4-7H2,1-3H3/t8?,9?,10-,11?,12?/m0/s1. The van der Waals surface area contributed by atoms with Gasteiger partial charge in [0, 0.05) is 12.5 Å². The number of aliphatic hydroxyl groups is 1. The molecule has 4 heteroatoms. The third kappa shape index (κ3) is 1.99. The smallest absolute Gasteiger partial charge is 0.115 e. The van der Waals surface area contributed by atoms with E-state index in [2.05, 4.69) is 13.8 Å². The molecule has 2 aliphatic heterocycles. The molecule has 16 heavy (non-hydrogen) atoms. The summed E-state index contributed by atoms with van der Waals surface area (Å²) >= 11 is 0. The first-order chi connectivity index (χ1) is 7.58. The van der Waals surface area contributed by atoms with Gasteiger partial charge in [-0.3, -0.25) is 0 Å². The fraction of sp³-hybridized carbons (Fsp3) is 1.00. The number of hydrogen-bond donors (Lipinski definition) is 1. The third-order valence-corrected chi connectivity index (χ3v) is 3.91. The Labute approximate surface area is 96.9 Å². The highest BCUT2D eigenvalue weighted by molar-refractivity contribution is 5.03. The van der Waals surface area contributed by atoms with E-state index in [9.17, 15) is 0 Å². The van der Waals surface area contributed by atoms with Crippen LogP contribution < -0.4 is 0 Å². The molecule has 0 aliphatic carbocycles. The Morgan fingerprint density at radius 3 is 2.94 bits per heavy atom. The molecule has 0 spiro atoms. The number of rotatable bonds is 4. The van der Waals surface area contributed by atoms with E-state index in [1.54, 1.807) is 0 Å².